The Morgan fingerprint density at radius 1 is 1.21 bits per heavy atom. The lowest BCUT2D eigenvalue weighted by Gasteiger charge is -2.39. The number of tetrazole rings is 1. The average molecular weight is 455 g/mol. The maximum absolute atomic E-state index is 13.6. The van der Waals surface area contributed by atoms with Crippen LogP contribution in [0, 0.1) is 5.92 Å². The smallest absolute Gasteiger partial charge is 0.225 e. The maximum atomic E-state index is 13.6. The van der Waals surface area contributed by atoms with Crippen molar-refractivity contribution in [3.63, 3.8) is 0 Å². The van der Waals surface area contributed by atoms with E-state index >= 15 is 0 Å². The van der Waals surface area contributed by atoms with Crippen LogP contribution in [0.2, 0.25) is 0 Å². The Bertz CT molecular complexity index is 1420. The van der Waals surface area contributed by atoms with E-state index in [1.54, 1.807) is 11.0 Å². The number of carbonyl (C=O) groups is 1. The molecule has 1 amide bonds. The fourth-order valence-corrected chi connectivity index (χ4v) is 5.21. The van der Waals surface area contributed by atoms with Gasteiger partial charge in [-0.25, -0.2) is 9.67 Å². The summed E-state index contributed by atoms with van der Waals surface area (Å²) < 4.78 is 4.01. The van der Waals surface area contributed by atoms with Crippen LogP contribution in [0.4, 0.5) is 0 Å². The highest BCUT2D eigenvalue weighted by Crippen LogP contribution is 2.34. The number of pyridine rings is 1. The molecule has 4 aromatic heterocycles. The minimum absolute atomic E-state index is 0.117. The number of likely N-dealkylation sites (tertiary alicyclic amines) is 1. The monoisotopic (exact) mass is 454 g/mol. The summed E-state index contributed by atoms with van der Waals surface area (Å²) in [5.74, 6) is 0.567. The van der Waals surface area contributed by atoms with Crippen molar-refractivity contribution in [2.24, 2.45) is 5.92 Å². The molecule has 0 saturated carbocycles. The van der Waals surface area contributed by atoms with Crippen LogP contribution in [0.15, 0.2) is 67.4 Å². The van der Waals surface area contributed by atoms with Crippen LogP contribution in [-0.2, 0) is 4.79 Å². The molecule has 1 aliphatic heterocycles. The zero-order chi connectivity index (χ0) is 23.1. The standard InChI is InChI=1S/C25H26N8O/c1-17-8-11-31(23(34)13-21(33-16-28-29-30-33)18-5-3-2-4-6-18)15-22(17)32-12-9-19-14-27-25-20(24(19)32)7-10-26-25/h2-7,9-10,12,14,16-17,21-22H,8,11,13,15H2,1H3,(H,26,27)/t17-,21?,22+/m1/s1. The van der Waals surface area contributed by atoms with Crippen LogP contribution >= 0.6 is 0 Å². The molecule has 1 N–H and O–H groups in total. The lowest BCUT2D eigenvalue weighted by molar-refractivity contribution is -0.134. The lowest BCUT2D eigenvalue weighted by Crippen LogP contribution is -2.44. The van der Waals surface area contributed by atoms with Crippen LogP contribution in [0.1, 0.15) is 37.4 Å². The SMILES string of the molecule is C[C@@H]1CCN(C(=O)CC(c2ccccc2)n2cnnn2)C[C@@H]1n1ccc2cnc3[nH]ccc3c21. The first-order valence-electron chi connectivity index (χ1n) is 11.7. The van der Waals surface area contributed by atoms with Crippen molar-refractivity contribution in [1.82, 2.24) is 39.6 Å². The lowest BCUT2D eigenvalue weighted by atomic mass is 9.92. The van der Waals surface area contributed by atoms with E-state index in [1.165, 1.54) is 5.52 Å². The van der Waals surface area contributed by atoms with Crippen molar-refractivity contribution in [2.75, 3.05) is 13.1 Å². The first kappa shape index (κ1) is 20.6. The number of aromatic amines is 1. The Kier molecular flexibility index (Phi) is 5.09. The fourth-order valence-electron chi connectivity index (χ4n) is 5.21. The molecule has 1 saturated heterocycles. The summed E-state index contributed by atoms with van der Waals surface area (Å²) in [5.41, 5.74) is 3.08. The van der Waals surface area contributed by atoms with Crippen molar-refractivity contribution in [3.05, 3.63) is 72.9 Å². The van der Waals surface area contributed by atoms with Crippen molar-refractivity contribution in [3.8, 4) is 0 Å². The second-order valence-electron chi connectivity index (χ2n) is 9.12. The minimum Gasteiger partial charge on any atom is -0.346 e. The number of fused-ring (bicyclic) bond motifs is 3. The highest BCUT2D eigenvalue weighted by Gasteiger charge is 2.32. The number of aromatic nitrogens is 7. The molecule has 0 bridgehead atoms. The van der Waals surface area contributed by atoms with Gasteiger partial charge in [0.05, 0.1) is 24.0 Å². The molecule has 3 atom stereocenters. The van der Waals surface area contributed by atoms with E-state index in [4.69, 9.17) is 0 Å². The number of hydrogen-bond donors (Lipinski definition) is 1. The van der Waals surface area contributed by atoms with Gasteiger partial charge in [0.15, 0.2) is 0 Å². The van der Waals surface area contributed by atoms with Gasteiger partial charge < -0.3 is 14.5 Å². The minimum atomic E-state index is -0.237. The van der Waals surface area contributed by atoms with Gasteiger partial charge in [-0.2, -0.15) is 0 Å². The summed E-state index contributed by atoms with van der Waals surface area (Å²) in [4.78, 5) is 23.3. The van der Waals surface area contributed by atoms with E-state index in [2.05, 4.69) is 55.3 Å². The third-order valence-corrected chi connectivity index (χ3v) is 7.12. The number of nitrogens with one attached hydrogen (secondary N) is 1. The number of nitrogens with zero attached hydrogens (tertiary/aromatic N) is 7. The first-order valence-corrected chi connectivity index (χ1v) is 11.7. The zero-order valence-electron chi connectivity index (χ0n) is 19.0. The molecule has 0 radical (unpaired) electrons. The maximum Gasteiger partial charge on any atom is 0.225 e. The molecule has 9 nitrogen and oxygen atoms in total. The predicted molar refractivity (Wildman–Crippen MR) is 128 cm³/mol. The molecular formula is C25H26N8O. The highest BCUT2D eigenvalue weighted by atomic mass is 16.2. The van der Waals surface area contributed by atoms with E-state index in [1.807, 2.05) is 47.6 Å². The van der Waals surface area contributed by atoms with Crippen LogP contribution < -0.4 is 0 Å². The highest BCUT2D eigenvalue weighted by molar-refractivity contribution is 6.02. The van der Waals surface area contributed by atoms with Gasteiger partial charge in [0, 0.05) is 42.5 Å². The molecule has 5 heterocycles. The third kappa shape index (κ3) is 3.53. The molecule has 1 fully saturated rings. The van der Waals surface area contributed by atoms with Crippen LogP contribution in [0.5, 0.6) is 0 Å². The first-order chi connectivity index (χ1) is 16.7. The fraction of sp³-hybridized carbons (Fsp3) is 0.320. The van der Waals surface area contributed by atoms with Gasteiger partial charge in [-0.15, -0.1) is 5.10 Å². The quantitative estimate of drug-likeness (QED) is 0.438. The normalized spacial score (nSPS) is 19.6. The summed E-state index contributed by atoms with van der Waals surface area (Å²) in [6, 6.07) is 14.1. The number of amides is 1. The molecule has 0 aliphatic carbocycles. The number of carbonyl (C=O) groups excluding carboxylic acids is 1. The van der Waals surface area contributed by atoms with Crippen LogP contribution in [0.25, 0.3) is 21.9 Å². The summed E-state index contributed by atoms with van der Waals surface area (Å²) in [5, 5.41) is 13.9. The molecule has 34 heavy (non-hydrogen) atoms. The van der Waals surface area contributed by atoms with E-state index in [-0.39, 0.29) is 18.0 Å². The Hall–Kier alpha value is -4.01. The number of H-pyrrole nitrogens is 1. The largest absolute Gasteiger partial charge is 0.346 e. The van der Waals surface area contributed by atoms with Crippen molar-refractivity contribution < 1.29 is 4.79 Å². The Morgan fingerprint density at radius 2 is 2.09 bits per heavy atom. The molecule has 1 aliphatic rings. The molecule has 172 valence electrons. The molecule has 1 aromatic carbocycles. The second-order valence-corrected chi connectivity index (χ2v) is 9.12. The van der Waals surface area contributed by atoms with Gasteiger partial charge in [-0.1, -0.05) is 37.3 Å². The van der Waals surface area contributed by atoms with E-state index in [9.17, 15) is 4.79 Å². The van der Waals surface area contributed by atoms with E-state index in [0.29, 0.717) is 18.9 Å². The van der Waals surface area contributed by atoms with Crippen molar-refractivity contribution in [1.29, 1.82) is 0 Å². The Balaban J connectivity index is 1.28. The van der Waals surface area contributed by atoms with E-state index in [0.717, 1.165) is 34.9 Å². The second kappa shape index (κ2) is 8.40. The van der Waals surface area contributed by atoms with Gasteiger partial charge in [0.2, 0.25) is 5.91 Å². The predicted octanol–water partition coefficient (Wildman–Crippen LogP) is 3.59. The topological polar surface area (TPSA) is 97.5 Å². The van der Waals surface area contributed by atoms with Crippen LogP contribution in [-0.4, -0.2) is 58.6 Å². The van der Waals surface area contributed by atoms with Crippen LogP contribution in [0.3, 0.4) is 0 Å². The molecule has 5 aromatic rings. The molecule has 1 unspecified atom stereocenters. The average Bonchev–Trinajstić information content (AvgIpc) is 3.63. The van der Waals surface area contributed by atoms with Gasteiger partial charge in [-0.3, -0.25) is 4.79 Å². The van der Waals surface area contributed by atoms with Gasteiger partial charge >= 0.3 is 0 Å². The summed E-state index contributed by atoms with van der Waals surface area (Å²) in [6.07, 6.45) is 8.83. The molecule has 9 heteroatoms. The summed E-state index contributed by atoms with van der Waals surface area (Å²) in [6.45, 7) is 3.71. The van der Waals surface area contributed by atoms with Crippen molar-refractivity contribution in [2.45, 2.75) is 31.8 Å². The summed E-state index contributed by atoms with van der Waals surface area (Å²) >= 11 is 0. The molecule has 0 spiro atoms. The molecule has 6 rings (SSSR count). The van der Waals surface area contributed by atoms with E-state index < -0.39 is 0 Å². The number of hydrogen-bond acceptors (Lipinski definition) is 5. The number of benzene rings is 1. The summed E-state index contributed by atoms with van der Waals surface area (Å²) in [7, 11) is 0. The zero-order valence-corrected chi connectivity index (χ0v) is 19.0. The number of piperidine rings is 1. The van der Waals surface area contributed by atoms with Gasteiger partial charge in [0.25, 0.3) is 0 Å². The number of rotatable bonds is 5. The van der Waals surface area contributed by atoms with Crippen molar-refractivity contribution >= 4 is 27.8 Å². The third-order valence-electron chi connectivity index (χ3n) is 7.12. The Morgan fingerprint density at radius 3 is 2.91 bits per heavy atom. The molecular weight excluding hydrogens is 428 g/mol. The van der Waals surface area contributed by atoms with Gasteiger partial charge in [-0.05, 0) is 40.5 Å². The Labute approximate surface area is 196 Å². The van der Waals surface area contributed by atoms with Gasteiger partial charge in [0.1, 0.15) is 12.0 Å².